The van der Waals surface area contributed by atoms with E-state index in [1.165, 1.54) is 0 Å². The molecule has 0 bridgehead atoms. The molecule has 0 radical (unpaired) electrons. The molecule has 0 saturated carbocycles. The smallest absolute Gasteiger partial charge is 0.307 e. The van der Waals surface area contributed by atoms with E-state index in [0.717, 1.165) is 5.56 Å². The Bertz CT molecular complexity index is 352. The molecule has 2 nitrogen and oxygen atoms in total. The molecule has 1 aromatic rings. The maximum absolute atomic E-state index is 10.9. The van der Waals surface area contributed by atoms with Crippen molar-refractivity contribution in [3.63, 3.8) is 0 Å². The van der Waals surface area contributed by atoms with Crippen LogP contribution in [-0.4, -0.2) is 11.1 Å². The molecule has 0 heterocycles. The number of benzene rings is 1. The molecule has 1 rings (SSSR count). The standard InChI is InChI=1S/C14H18O2/c1-11(2)13(14(15)16)10-6-9-12-7-4-3-5-8-12/h3-9,11,13H,10H2,1-2H3,(H,15,16)/b9-6+. The first-order valence-electron chi connectivity index (χ1n) is 5.55. The average Bonchev–Trinajstić information content (AvgIpc) is 2.24. The van der Waals surface area contributed by atoms with Gasteiger partial charge in [0.25, 0.3) is 0 Å². The number of rotatable bonds is 5. The molecule has 1 unspecified atom stereocenters. The van der Waals surface area contributed by atoms with E-state index in [9.17, 15) is 4.79 Å². The van der Waals surface area contributed by atoms with E-state index >= 15 is 0 Å². The molecule has 1 N–H and O–H groups in total. The van der Waals surface area contributed by atoms with Crippen molar-refractivity contribution in [2.75, 3.05) is 0 Å². The summed E-state index contributed by atoms with van der Waals surface area (Å²) in [5.41, 5.74) is 1.11. The van der Waals surface area contributed by atoms with Crippen LogP contribution >= 0.6 is 0 Å². The van der Waals surface area contributed by atoms with E-state index in [1.54, 1.807) is 0 Å². The van der Waals surface area contributed by atoms with Crippen LogP contribution in [-0.2, 0) is 4.79 Å². The van der Waals surface area contributed by atoms with Crippen LogP contribution in [0, 0.1) is 11.8 Å². The summed E-state index contributed by atoms with van der Waals surface area (Å²) in [4.78, 5) is 10.9. The van der Waals surface area contributed by atoms with Gasteiger partial charge < -0.3 is 5.11 Å². The minimum absolute atomic E-state index is 0.165. The fourth-order valence-corrected chi connectivity index (χ4v) is 1.57. The number of carbonyl (C=O) groups is 1. The Morgan fingerprint density at radius 2 is 1.94 bits per heavy atom. The zero-order valence-corrected chi connectivity index (χ0v) is 9.76. The van der Waals surface area contributed by atoms with Gasteiger partial charge in [-0.15, -0.1) is 0 Å². The predicted molar refractivity (Wildman–Crippen MR) is 66.1 cm³/mol. The van der Waals surface area contributed by atoms with Crippen molar-refractivity contribution in [2.45, 2.75) is 20.3 Å². The minimum Gasteiger partial charge on any atom is -0.481 e. The maximum atomic E-state index is 10.9. The molecule has 1 aromatic carbocycles. The van der Waals surface area contributed by atoms with Gasteiger partial charge in [-0.05, 0) is 17.9 Å². The fraction of sp³-hybridized carbons (Fsp3) is 0.357. The zero-order valence-electron chi connectivity index (χ0n) is 9.76. The molecule has 0 aromatic heterocycles. The molecule has 0 aliphatic heterocycles. The Morgan fingerprint density at radius 1 is 1.31 bits per heavy atom. The Balaban J connectivity index is 2.56. The van der Waals surface area contributed by atoms with E-state index in [0.29, 0.717) is 6.42 Å². The normalized spacial score (nSPS) is 13.2. The van der Waals surface area contributed by atoms with Crippen molar-refractivity contribution in [1.82, 2.24) is 0 Å². The van der Waals surface area contributed by atoms with Gasteiger partial charge in [0.05, 0.1) is 5.92 Å². The highest BCUT2D eigenvalue weighted by atomic mass is 16.4. The number of hydrogen-bond acceptors (Lipinski definition) is 1. The summed E-state index contributed by atoms with van der Waals surface area (Å²) in [6, 6.07) is 9.91. The van der Waals surface area contributed by atoms with Crippen molar-refractivity contribution in [1.29, 1.82) is 0 Å². The molecule has 1 atom stereocenters. The molecule has 0 saturated heterocycles. The van der Waals surface area contributed by atoms with Gasteiger partial charge in [-0.1, -0.05) is 56.3 Å². The molecule has 86 valence electrons. The van der Waals surface area contributed by atoms with E-state index in [1.807, 2.05) is 56.3 Å². The highest BCUT2D eigenvalue weighted by molar-refractivity contribution is 5.70. The fourth-order valence-electron chi connectivity index (χ4n) is 1.57. The van der Waals surface area contributed by atoms with Gasteiger partial charge in [-0.2, -0.15) is 0 Å². The van der Waals surface area contributed by atoms with Crippen LogP contribution in [0.15, 0.2) is 36.4 Å². The Labute approximate surface area is 96.6 Å². The van der Waals surface area contributed by atoms with Gasteiger partial charge in [0.15, 0.2) is 0 Å². The monoisotopic (exact) mass is 218 g/mol. The van der Waals surface area contributed by atoms with E-state index in [-0.39, 0.29) is 11.8 Å². The van der Waals surface area contributed by atoms with Gasteiger partial charge >= 0.3 is 5.97 Å². The van der Waals surface area contributed by atoms with Crippen LogP contribution in [0.25, 0.3) is 6.08 Å². The first-order valence-corrected chi connectivity index (χ1v) is 5.55. The maximum Gasteiger partial charge on any atom is 0.307 e. The van der Waals surface area contributed by atoms with Gasteiger partial charge in [-0.3, -0.25) is 4.79 Å². The zero-order chi connectivity index (χ0) is 12.0. The highest BCUT2D eigenvalue weighted by Crippen LogP contribution is 2.16. The molecule has 0 amide bonds. The molecule has 0 aliphatic rings. The third kappa shape index (κ3) is 3.89. The van der Waals surface area contributed by atoms with Crippen molar-refractivity contribution >= 4 is 12.0 Å². The lowest BCUT2D eigenvalue weighted by atomic mass is 9.92. The van der Waals surface area contributed by atoms with Gasteiger partial charge in [0.2, 0.25) is 0 Å². The van der Waals surface area contributed by atoms with E-state index < -0.39 is 5.97 Å². The van der Waals surface area contributed by atoms with Crippen LogP contribution in [0.2, 0.25) is 0 Å². The first kappa shape index (κ1) is 12.5. The SMILES string of the molecule is CC(C)C(C/C=C/c1ccccc1)C(=O)O. The van der Waals surface area contributed by atoms with Crippen molar-refractivity contribution in [2.24, 2.45) is 11.8 Å². The summed E-state index contributed by atoms with van der Waals surface area (Å²) in [5, 5.41) is 9.01. The molecule has 16 heavy (non-hydrogen) atoms. The molecule has 0 spiro atoms. The Kier molecular flexibility index (Phi) is 4.77. The second-order valence-corrected chi connectivity index (χ2v) is 4.24. The van der Waals surface area contributed by atoms with Crippen LogP contribution in [0.1, 0.15) is 25.8 Å². The number of carboxylic acid groups (broad SMARTS) is 1. The second-order valence-electron chi connectivity index (χ2n) is 4.24. The summed E-state index contributed by atoms with van der Waals surface area (Å²) in [7, 11) is 0. The van der Waals surface area contributed by atoms with Crippen molar-refractivity contribution < 1.29 is 9.90 Å². The summed E-state index contributed by atoms with van der Waals surface area (Å²) in [6.45, 7) is 3.88. The van der Waals surface area contributed by atoms with Crippen LogP contribution in [0.5, 0.6) is 0 Å². The number of hydrogen-bond donors (Lipinski definition) is 1. The Hall–Kier alpha value is -1.57. The summed E-state index contributed by atoms with van der Waals surface area (Å²) < 4.78 is 0. The van der Waals surface area contributed by atoms with Crippen molar-refractivity contribution in [3.8, 4) is 0 Å². The lowest BCUT2D eigenvalue weighted by Crippen LogP contribution is -2.18. The van der Waals surface area contributed by atoms with Gasteiger partial charge in [0.1, 0.15) is 0 Å². The first-order chi connectivity index (χ1) is 7.61. The lowest BCUT2D eigenvalue weighted by molar-refractivity contribution is -0.143. The summed E-state index contributed by atoms with van der Waals surface area (Å²) in [6.07, 6.45) is 4.49. The Morgan fingerprint density at radius 3 is 2.44 bits per heavy atom. The third-order valence-corrected chi connectivity index (χ3v) is 2.62. The summed E-state index contributed by atoms with van der Waals surface area (Å²) in [5.74, 6) is -0.842. The van der Waals surface area contributed by atoms with E-state index in [2.05, 4.69) is 0 Å². The van der Waals surface area contributed by atoms with Crippen molar-refractivity contribution in [3.05, 3.63) is 42.0 Å². The van der Waals surface area contributed by atoms with Crippen LogP contribution in [0.3, 0.4) is 0 Å². The quantitative estimate of drug-likeness (QED) is 0.821. The molecular formula is C14H18O2. The average molecular weight is 218 g/mol. The molecule has 2 heteroatoms. The molecule has 0 fully saturated rings. The van der Waals surface area contributed by atoms with Crippen LogP contribution in [0.4, 0.5) is 0 Å². The topological polar surface area (TPSA) is 37.3 Å². The third-order valence-electron chi connectivity index (χ3n) is 2.62. The summed E-state index contributed by atoms with van der Waals surface area (Å²) >= 11 is 0. The lowest BCUT2D eigenvalue weighted by Gasteiger charge is -2.13. The largest absolute Gasteiger partial charge is 0.481 e. The number of allylic oxidation sites excluding steroid dienone is 1. The second kappa shape index (κ2) is 6.11. The minimum atomic E-state index is -0.715. The predicted octanol–water partition coefficient (Wildman–Crippen LogP) is 3.45. The van der Waals surface area contributed by atoms with Crippen LogP contribution < -0.4 is 0 Å². The van der Waals surface area contributed by atoms with E-state index in [4.69, 9.17) is 5.11 Å². The van der Waals surface area contributed by atoms with Gasteiger partial charge in [-0.25, -0.2) is 0 Å². The number of carboxylic acids is 1. The molecular weight excluding hydrogens is 200 g/mol. The molecule has 0 aliphatic carbocycles. The number of aliphatic carboxylic acids is 1. The highest BCUT2D eigenvalue weighted by Gasteiger charge is 2.19. The van der Waals surface area contributed by atoms with Gasteiger partial charge in [0, 0.05) is 0 Å².